The lowest BCUT2D eigenvalue weighted by molar-refractivity contribution is -0.118. The van der Waals surface area contributed by atoms with Crippen LogP contribution >= 0.6 is 39.0 Å². The summed E-state index contributed by atoms with van der Waals surface area (Å²) in [6, 6.07) is 5.89. The van der Waals surface area contributed by atoms with Crippen molar-refractivity contribution in [2.45, 2.75) is 37.4 Å². The van der Waals surface area contributed by atoms with Crippen molar-refractivity contribution in [2.75, 3.05) is 17.7 Å². The molecule has 0 spiro atoms. The molecule has 0 bridgehead atoms. The molecular weight excluding hydrogens is 410 g/mol. The number of halogens is 1. The topological polar surface area (TPSA) is 64.1 Å². The molecule has 8 heteroatoms. The third kappa shape index (κ3) is 5.75. The Hall–Kier alpha value is -1.12. The summed E-state index contributed by atoms with van der Waals surface area (Å²) in [5.74, 6) is 1.83. The molecule has 0 aliphatic heterocycles. The Kier molecular flexibility index (Phi) is 7.51. The predicted molar refractivity (Wildman–Crippen MR) is 103 cm³/mol. The van der Waals surface area contributed by atoms with Crippen molar-refractivity contribution in [1.29, 1.82) is 0 Å². The quantitative estimate of drug-likeness (QED) is 0.475. The number of hydrogen-bond donors (Lipinski definition) is 1. The first-order valence-electron chi connectivity index (χ1n) is 7.68. The lowest BCUT2D eigenvalue weighted by atomic mass is 10.0. The molecule has 1 N–H and O–H groups in total. The molecule has 0 saturated heterocycles. The molecular formula is C16H20BrN3O2S2. The SMILES string of the molecule is CCCSc1nnc(NC(=O)COc2ccc(C(C)C)cc2Br)s1. The average molecular weight is 430 g/mol. The van der Waals surface area contributed by atoms with E-state index in [-0.39, 0.29) is 12.5 Å². The molecule has 24 heavy (non-hydrogen) atoms. The van der Waals surface area contributed by atoms with Crippen LogP contribution < -0.4 is 10.1 Å². The van der Waals surface area contributed by atoms with Crippen molar-refractivity contribution in [3.63, 3.8) is 0 Å². The maximum atomic E-state index is 12.0. The molecule has 0 aliphatic carbocycles. The standard InChI is InChI=1S/C16H20BrN3O2S2/c1-4-7-23-16-20-19-15(24-16)18-14(21)9-22-13-6-5-11(10(2)3)8-12(13)17/h5-6,8,10H,4,7,9H2,1-3H3,(H,18,19,21). The van der Waals surface area contributed by atoms with Gasteiger partial charge in [0.25, 0.3) is 5.91 Å². The van der Waals surface area contributed by atoms with Gasteiger partial charge in [0.15, 0.2) is 10.9 Å². The zero-order chi connectivity index (χ0) is 17.5. The number of aromatic nitrogens is 2. The van der Waals surface area contributed by atoms with Gasteiger partial charge in [0.1, 0.15) is 5.75 Å². The number of hydrogen-bond acceptors (Lipinski definition) is 6. The number of nitrogens with zero attached hydrogens (tertiary/aromatic N) is 2. The third-order valence-corrected chi connectivity index (χ3v) is 5.86. The van der Waals surface area contributed by atoms with E-state index in [0.29, 0.717) is 16.8 Å². The van der Waals surface area contributed by atoms with Crippen LogP contribution in [0.1, 0.15) is 38.7 Å². The van der Waals surface area contributed by atoms with Gasteiger partial charge in [-0.3, -0.25) is 10.1 Å². The van der Waals surface area contributed by atoms with Gasteiger partial charge >= 0.3 is 0 Å². The van der Waals surface area contributed by atoms with Crippen LogP contribution in [0.2, 0.25) is 0 Å². The largest absolute Gasteiger partial charge is 0.483 e. The van der Waals surface area contributed by atoms with Crippen LogP contribution in [0, 0.1) is 0 Å². The zero-order valence-corrected chi connectivity index (χ0v) is 17.1. The van der Waals surface area contributed by atoms with Crippen molar-refractivity contribution in [2.24, 2.45) is 0 Å². The first-order chi connectivity index (χ1) is 11.5. The van der Waals surface area contributed by atoms with E-state index in [1.807, 2.05) is 18.2 Å². The van der Waals surface area contributed by atoms with Crippen LogP contribution in [-0.2, 0) is 4.79 Å². The molecule has 0 aliphatic rings. The number of anilines is 1. The highest BCUT2D eigenvalue weighted by molar-refractivity contribution is 9.10. The number of rotatable bonds is 8. The first-order valence-corrected chi connectivity index (χ1v) is 10.3. The lowest BCUT2D eigenvalue weighted by Crippen LogP contribution is -2.20. The minimum Gasteiger partial charge on any atom is -0.483 e. The van der Waals surface area contributed by atoms with Gasteiger partial charge in [0.05, 0.1) is 4.47 Å². The molecule has 0 unspecified atom stereocenters. The molecule has 1 aromatic heterocycles. The number of amides is 1. The Labute approximate surface area is 158 Å². The predicted octanol–water partition coefficient (Wildman–Crippen LogP) is 4.94. The molecule has 2 rings (SSSR count). The van der Waals surface area contributed by atoms with E-state index in [1.54, 1.807) is 11.8 Å². The van der Waals surface area contributed by atoms with Gasteiger partial charge < -0.3 is 4.74 Å². The molecule has 0 atom stereocenters. The van der Waals surface area contributed by atoms with Gasteiger partial charge in [0.2, 0.25) is 5.13 Å². The summed E-state index contributed by atoms with van der Waals surface area (Å²) in [6.07, 6.45) is 1.07. The maximum absolute atomic E-state index is 12.0. The Bertz CT molecular complexity index is 692. The molecule has 0 fully saturated rings. The minimum atomic E-state index is -0.252. The van der Waals surface area contributed by atoms with Gasteiger partial charge in [-0.05, 0) is 46.0 Å². The van der Waals surface area contributed by atoms with E-state index in [1.165, 1.54) is 16.9 Å². The number of ether oxygens (including phenoxy) is 1. The number of carbonyl (C=O) groups excluding carboxylic acids is 1. The summed E-state index contributed by atoms with van der Waals surface area (Å²) < 4.78 is 7.27. The highest BCUT2D eigenvalue weighted by Gasteiger charge is 2.11. The molecule has 1 heterocycles. The molecule has 0 radical (unpaired) electrons. The number of thioether (sulfide) groups is 1. The maximum Gasteiger partial charge on any atom is 0.264 e. The zero-order valence-electron chi connectivity index (χ0n) is 13.8. The average Bonchev–Trinajstić information content (AvgIpc) is 2.98. The highest BCUT2D eigenvalue weighted by Crippen LogP contribution is 2.29. The van der Waals surface area contributed by atoms with Crippen molar-refractivity contribution >= 4 is 50.1 Å². The molecule has 1 amide bonds. The lowest BCUT2D eigenvalue weighted by Gasteiger charge is -2.11. The summed E-state index contributed by atoms with van der Waals surface area (Å²) >= 11 is 6.50. The summed E-state index contributed by atoms with van der Waals surface area (Å²) in [6.45, 7) is 6.30. The molecule has 0 saturated carbocycles. The summed E-state index contributed by atoms with van der Waals surface area (Å²) in [5, 5.41) is 11.2. The smallest absolute Gasteiger partial charge is 0.264 e. The number of nitrogens with one attached hydrogen (secondary N) is 1. The van der Waals surface area contributed by atoms with Crippen LogP contribution in [-0.4, -0.2) is 28.5 Å². The number of carbonyl (C=O) groups is 1. The van der Waals surface area contributed by atoms with Gasteiger partial charge in [-0.15, -0.1) is 10.2 Å². The van der Waals surface area contributed by atoms with E-state index < -0.39 is 0 Å². The third-order valence-electron chi connectivity index (χ3n) is 3.06. The molecule has 1 aromatic carbocycles. The normalized spacial score (nSPS) is 10.9. The first kappa shape index (κ1) is 19.2. The second-order valence-electron chi connectivity index (χ2n) is 5.40. The van der Waals surface area contributed by atoms with Crippen LogP contribution in [0.25, 0.3) is 0 Å². The van der Waals surface area contributed by atoms with Crippen molar-refractivity contribution in [3.8, 4) is 5.75 Å². The molecule has 5 nitrogen and oxygen atoms in total. The Morgan fingerprint density at radius 1 is 1.42 bits per heavy atom. The van der Waals surface area contributed by atoms with E-state index in [2.05, 4.69) is 52.2 Å². The second kappa shape index (κ2) is 9.39. The van der Waals surface area contributed by atoms with Crippen LogP contribution in [0.5, 0.6) is 5.75 Å². The Balaban J connectivity index is 1.86. The van der Waals surface area contributed by atoms with Gasteiger partial charge in [-0.1, -0.05) is 49.9 Å². The number of benzene rings is 1. The summed E-state index contributed by atoms with van der Waals surface area (Å²) in [5.41, 5.74) is 1.21. The van der Waals surface area contributed by atoms with E-state index in [9.17, 15) is 4.79 Å². The Morgan fingerprint density at radius 3 is 2.88 bits per heavy atom. The fourth-order valence-corrected chi connectivity index (χ4v) is 4.00. The fraction of sp³-hybridized carbons (Fsp3) is 0.438. The van der Waals surface area contributed by atoms with Crippen LogP contribution in [0.4, 0.5) is 5.13 Å². The van der Waals surface area contributed by atoms with Crippen LogP contribution in [0.3, 0.4) is 0 Å². The minimum absolute atomic E-state index is 0.0728. The molecule has 2 aromatic rings. The van der Waals surface area contributed by atoms with Crippen molar-refractivity contribution in [3.05, 3.63) is 28.2 Å². The monoisotopic (exact) mass is 429 g/mol. The van der Waals surface area contributed by atoms with Gasteiger partial charge in [0, 0.05) is 5.75 Å². The van der Waals surface area contributed by atoms with Crippen molar-refractivity contribution < 1.29 is 9.53 Å². The van der Waals surface area contributed by atoms with E-state index >= 15 is 0 Å². The second-order valence-corrected chi connectivity index (χ2v) is 8.58. The van der Waals surface area contributed by atoms with E-state index in [0.717, 1.165) is 21.0 Å². The van der Waals surface area contributed by atoms with Gasteiger partial charge in [-0.2, -0.15) is 0 Å². The van der Waals surface area contributed by atoms with E-state index in [4.69, 9.17) is 4.74 Å². The summed E-state index contributed by atoms with van der Waals surface area (Å²) in [7, 11) is 0. The Morgan fingerprint density at radius 2 is 2.21 bits per heavy atom. The van der Waals surface area contributed by atoms with Crippen molar-refractivity contribution in [1.82, 2.24) is 10.2 Å². The van der Waals surface area contributed by atoms with Crippen LogP contribution in [0.15, 0.2) is 27.0 Å². The van der Waals surface area contributed by atoms with Gasteiger partial charge in [-0.25, -0.2) is 0 Å². The molecule has 130 valence electrons. The fourth-order valence-electron chi connectivity index (χ4n) is 1.80. The highest BCUT2D eigenvalue weighted by atomic mass is 79.9. The summed E-state index contributed by atoms with van der Waals surface area (Å²) in [4.78, 5) is 12.0.